The summed E-state index contributed by atoms with van der Waals surface area (Å²) in [7, 11) is 0. The minimum atomic E-state index is -1.56. The minimum Gasteiger partial charge on any atom is -0.507 e. The fraction of sp³-hybridized carbons (Fsp3) is 0.286. The Balaban J connectivity index is 1.84. The zero-order chi connectivity index (χ0) is 23.5. The first-order valence-electron chi connectivity index (χ1n) is 9.69. The molecule has 0 spiro atoms. The van der Waals surface area contributed by atoms with E-state index in [0.29, 0.717) is 5.82 Å². The lowest BCUT2D eigenvalue weighted by atomic mass is 9.70. The molecule has 1 atom stereocenters. The van der Waals surface area contributed by atoms with Crippen LogP contribution in [0, 0.1) is 6.92 Å². The fourth-order valence-electron chi connectivity index (χ4n) is 4.06. The number of anilines is 1. The van der Waals surface area contributed by atoms with Crippen molar-refractivity contribution in [2.75, 3.05) is 5.73 Å². The predicted octanol–water partition coefficient (Wildman–Crippen LogP) is 1.06. The summed E-state index contributed by atoms with van der Waals surface area (Å²) in [5, 5.41) is 30.5. The topological polar surface area (TPSA) is 181 Å². The van der Waals surface area contributed by atoms with Gasteiger partial charge in [-0.3, -0.25) is 19.5 Å². The lowest BCUT2D eigenvalue weighted by Gasteiger charge is -2.29. The van der Waals surface area contributed by atoms with Gasteiger partial charge in [0.15, 0.2) is 17.3 Å². The maximum absolute atomic E-state index is 13.6. The Bertz CT molecular complexity index is 1290. The Hall–Kier alpha value is -4.15. The Kier molecular flexibility index (Phi) is 4.57. The molecule has 1 aromatic heterocycles. The summed E-state index contributed by atoms with van der Waals surface area (Å²) in [4.78, 5) is 42.6. The summed E-state index contributed by atoms with van der Waals surface area (Å²) < 4.78 is 5.72. The zero-order valence-corrected chi connectivity index (χ0v) is 17.8. The molecule has 4 rings (SSSR count). The molecular weight excluding hydrogens is 418 g/mol. The van der Waals surface area contributed by atoms with E-state index in [-0.39, 0.29) is 57.7 Å². The summed E-state index contributed by atoms with van der Waals surface area (Å²) >= 11 is 0. The molecule has 1 aromatic carbocycles. The molecule has 166 valence electrons. The summed E-state index contributed by atoms with van der Waals surface area (Å²) in [5.41, 5.74) is 3.97. The number of allylic oxidation sites excluding steroid dienone is 4. The molecule has 32 heavy (non-hydrogen) atoms. The van der Waals surface area contributed by atoms with Gasteiger partial charge in [-0.15, -0.1) is 5.10 Å². The number of nitrogens with two attached hydrogens (primary N) is 1. The van der Waals surface area contributed by atoms with Crippen molar-refractivity contribution >= 4 is 23.3 Å². The number of aromatic amines is 1. The molecule has 0 fully saturated rings. The van der Waals surface area contributed by atoms with Gasteiger partial charge in [-0.2, -0.15) is 4.98 Å². The van der Waals surface area contributed by atoms with Crippen molar-refractivity contribution in [2.45, 2.75) is 39.7 Å². The van der Waals surface area contributed by atoms with Gasteiger partial charge in [-0.05, 0) is 27.7 Å². The van der Waals surface area contributed by atoms with Crippen molar-refractivity contribution in [3.8, 4) is 17.2 Å². The largest absolute Gasteiger partial charge is 0.507 e. The quantitative estimate of drug-likeness (QED) is 0.262. The lowest BCUT2D eigenvalue weighted by molar-refractivity contribution is -0.123. The predicted molar refractivity (Wildman–Crippen MR) is 111 cm³/mol. The number of hydrogen-bond acceptors (Lipinski definition) is 10. The highest BCUT2D eigenvalue weighted by Crippen LogP contribution is 2.57. The Morgan fingerprint density at radius 2 is 1.97 bits per heavy atom. The van der Waals surface area contributed by atoms with Gasteiger partial charge in [-0.25, -0.2) is 0 Å². The normalized spacial score (nSPS) is 20.9. The van der Waals surface area contributed by atoms with Crippen LogP contribution in [0.2, 0.25) is 0 Å². The number of aromatic nitrogens is 3. The first kappa shape index (κ1) is 21.1. The van der Waals surface area contributed by atoms with E-state index in [1.54, 1.807) is 6.92 Å². The van der Waals surface area contributed by atoms with Crippen molar-refractivity contribution < 1.29 is 29.3 Å². The molecule has 11 heteroatoms. The van der Waals surface area contributed by atoms with Crippen LogP contribution in [0.15, 0.2) is 23.1 Å². The van der Waals surface area contributed by atoms with Gasteiger partial charge < -0.3 is 26.0 Å². The molecule has 2 heterocycles. The highest BCUT2D eigenvalue weighted by Gasteiger charge is 2.56. The molecule has 0 radical (unpaired) electrons. The van der Waals surface area contributed by atoms with E-state index in [2.05, 4.69) is 20.5 Å². The van der Waals surface area contributed by atoms with Crippen LogP contribution in [0.25, 0.3) is 0 Å². The molecule has 11 nitrogen and oxygen atoms in total. The van der Waals surface area contributed by atoms with Crippen LogP contribution in [-0.2, 0) is 21.5 Å². The van der Waals surface area contributed by atoms with E-state index in [0.717, 1.165) is 6.08 Å². The third-order valence-electron chi connectivity index (χ3n) is 5.83. The second-order valence-electron chi connectivity index (χ2n) is 7.88. The number of nitrogen functional groups attached to an aromatic ring is 1. The summed E-state index contributed by atoms with van der Waals surface area (Å²) in [6, 6.07) is 0. The Morgan fingerprint density at radius 1 is 1.28 bits per heavy atom. The molecule has 2 aliphatic rings. The van der Waals surface area contributed by atoms with Crippen LogP contribution >= 0.6 is 0 Å². The van der Waals surface area contributed by atoms with Gasteiger partial charge in [0.1, 0.15) is 39.8 Å². The number of fused-ring (bicyclic) bond motifs is 3. The number of Topliss-reactive ketones (excluding diaryl/α,β-unsaturated/α-hetero) is 2. The second kappa shape index (κ2) is 6.94. The molecule has 0 saturated heterocycles. The average Bonchev–Trinajstić information content (AvgIpc) is 3.26. The molecule has 1 aliphatic heterocycles. The van der Waals surface area contributed by atoms with Gasteiger partial charge in [0.2, 0.25) is 5.95 Å². The SMILES string of the molecule is CC(=O)c1c(O)c(C)c(O)c2c1OC1=CC(=O)/C(=C(/C)NCc3nc(N)n[nH]3)C(=O)[C@@]12C. The Labute approximate surface area is 182 Å². The number of phenols is 2. The summed E-state index contributed by atoms with van der Waals surface area (Å²) in [5.74, 6) is -2.21. The number of hydrogen-bond donors (Lipinski definition) is 5. The number of ketones is 3. The fourth-order valence-corrected chi connectivity index (χ4v) is 4.06. The van der Waals surface area contributed by atoms with Crippen molar-refractivity contribution in [3.05, 3.63) is 45.6 Å². The summed E-state index contributed by atoms with van der Waals surface area (Å²) in [6.45, 7) is 5.86. The molecule has 0 amide bonds. The van der Waals surface area contributed by atoms with E-state index in [9.17, 15) is 24.6 Å². The number of nitrogens with zero attached hydrogens (tertiary/aromatic N) is 2. The first-order chi connectivity index (χ1) is 15.0. The smallest absolute Gasteiger partial charge is 0.239 e. The van der Waals surface area contributed by atoms with E-state index >= 15 is 0 Å². The van der Waals surface area contributed by atoms with Crippen molar-refractivity contribution in [1.82, 2.24) is 20.5 Å². The number of carbonyl (C=O) groups is 3. The molecule has 6 N–H and O–H groups in total. The van der Waals surface area contributed by atoms with Gasteiger partial charge in [0.25, 0.3) is 0 Å². The highest BCUT2D eigenvalue weighted by atomic mass is 16.5. The first-order valence-corrected chi connectivity index (χ1v) is 9.69. The van der Waals surface area contributed by atoms with Crippen LogP contribution < -0.4 is 15.8 Å². The van der Waals surface area contributed by atoms with Gasteiger partial charge in [0.05, 0.1) is 17.7 Å². The van der Waals surface area contributed by atoms with Crippen LogP contribution in [-0.4, -0.2) is 42.7 Å². The third-order valence-corrected chi connectivity index (χ3v) is 5.83. The maximum Gasteiger partial charge on any atom is 0.239 e. The highest BCUT2D eigenvalue weighted by molar-refractivity contribution is 6.31. The van der Waals surface area contributed by atoms with E-state index in [1.165, 1.54) is 20.8 Å². The van der Waals surface area contributed by atoms with E-state index in [4.69, 9.17) is 10.5 Å². The molecule has 1 aliphatic carbocycles. The number of rotatable bonds is 4. The number of nitrogens with one attached hydrogen (secondary N) is 2. The standard InChI is InChI=1S/C21H21N5O6/c1-7-16(29)14(9(3)27)18-15(17(7)30)21(4)11(32-18)5-10(28)13(19(21)31)8(2)23-6-12-24-20(22)26-25-12/h5,23,29-30H,6H2,1-4H3,(H3,22,24,25,26)/b13-8+/t21-/m0/s1. The average molecular weight is 439 g/mol. The van der Waals surface area contributed by atoms with Crippen LogP contribution in [0.3, 0.4) is 0 Å². The monoisotopic (exact) mass is 439 g/mol. The van der Waals surface area contributed by atoms with Gasteiger partial charge in [-0.1, -0.05) is 0 Å². The van der Waals surface area contributed by atoms with Crippen molar-refractivity contribution in [3.63, 3.8) is 0 Å². The number of H-pyrrole nitrogens is 1. The van der Waals surface area contributed by atoms with Crippen molar-refractivity contribution in [1.29, 1.82) is 0 Å². The van der Waals surface area contributed by atoms with Gasteiger partial charge >= 0.3 is 0 Å². The third kappa shape index (κ3) is 2.77. The molecular formula is C21H21N5O6. The van der Waals surface area contributed by atoms with Crippen LogP contribution in [0.5, 0.6) is 17.2 Å². The molecule has 0 bridgehead atoms. The second-order valence-corrected chi connectivity index (χ2v) is 7.88. The van der Waals surface area contributed by atoms with E-state index < -0.39 is 28.5 Å². The van der Waals surface area contributed by atoms with Crippen molar-refractivity contribution in [2.24, 2.45) is 0 Å². The van der Waals surface area contributed by atoms with Gasteiger partial charge in [0, 0.05) is 17.3 Å². The summed E-state index contributed by atoms with van der Waals surface area (Å²) in [6.07, 6.45) is 1.16. The maximum atomic E-state index is 13.6. The lowest BCUT2D eigenvalue weighted by Crippen LogP contribution is -2.41. The molecule has 0 unspecified atom stereocenters. The number of phenolic OH excluding ortho intramolecular Hbond substituents is 2. The number of carbonyl (C=O) groups excluding carboxylic acids is 3. The van der Waals surface area contributed by atoms with Crippen LogP contribution in [0.1, 0.15) is 48.1 Å². The molecule has 2 aromatic rings. The van der Waals surface area contributed by atoms with E-state index in [1.807, 2.05) is 0 Å². The molecule has 0 saturated carbocycles. The minimum absolute atomic E-state index is 0.0233. The van der Waals surface area contributed by atoms with Crippen LogP contribution in [0.4, 0.5) is 5.95 Å². The Morgan fingerprint density at radius 3 is 2.56 bits per heavy atom. The number of ether oxygens (including phenoxy) is 1. The number of benzene rings is 1. The zero-order valence-electron chi connectivity index (χ0n) is 17.8. The number of aromatic hydroxyl groups is 2.